The SMILES string of the molecule is COC(=O)C1(C)CCCC2(C)C1CCC13CC(C(C)C)CCC12O3. The van der Waals surface area contributed by atoms with Crippen LogP contribution in [0.25, 0.3) is 0 Å². The summed E-state index contributed by atoms with van der Waals surface area (Å²) in [7, 11) is 1.55. The van der Waals surface area contributed by atoms with Crippen molar-refractivity contribution in [3.8, 4) is 0 Å². The Labute approximate surface area is 146 Å². The molecule has 3 heteroatoms. The van der Waals surface area contributed by atoms with Gasteiger partial charge in [0.25, 0.3) is 0 Å². The number of rotatable bonds is 2. The number of carbonyl (C=O) groups is 1. The topological polar surface area (TPSA) is 38.8 Å². The molecule has 0 radical (unpaired) electrons. The average molecular weight is 335 g/mol. The summed E-state index contributed by atoms with van der Waals surface area (Å²) in [6.45, 7) is 9.32. The number of ether oxygens (including phenoxy) is 2. The lowest BCUT2D eigenvalue weighted by Crippen LogP contribution is -2.60. The maximum absolute atomic E-state index is 12.6. The van der Waals surface area contributed by atoms with Gasteiger partial charge in [0.1, 0.15) is 5.60 Å². The summed E-state index contributed by atoms with van der Waals surface area (Å²) in [5, 5.41) is 0. The van der Waals surface area contributed by atoms with Crippen LogP contribution >= 0.6 is 0 Å². The van der Waals surface area contributed by atoms with Crippen LogP contribution in [0.2, 0.25) is 0 Å². The molecule has 136 valence electrons. The Kier molecular flexibility index (Phi) is 3.51. The van der Waals surface area contributed by atoms with Gasteiger partial charge in [0.15, 0.2) is 0 Å². The van der Waals surface area contributed by atoms with E-state index in [0.29, 0.717) is 5.92 Å². The van der Waals surface area contributed by atoms with Crippen molar-refractivity contribution >= 4 is 5.97 Å². The van der Waals surface area contributed by atoms with Crippen LogP contribution in [0.5, 0.6) is 0 Å². The Morgan fingerprint density at radius 2 is 1.88 bits per heavy atom. The van der Waals surface area contributed by atoms with Crippen LogP contribution in [0.15, 0.2) is 0 Å². The minimum atomic E-state index is -0.330. The van der Waals surface area contributed by atoms with Crippen molar-refractivity contribution in [2.24, 2.45) is 28.6 Å². The molecule has 24 heavy (non-hydrogen) atoms. The Morgan fingerprint density at radius 1 is 1.12 bits per heavy atom. The molecule has 0 N–H and O–H groups in total. The van der Waals surface area contributed by atoms with E-state index in [1.54, 1.807) is 7.11 Å². The van der Waals surface area contributed by atoms with Crippen LogP contribution < -0.4 is 0 Å². The summed E-state index contributed by atoms with van der Waals surface area (Å²) >= 11 is 0. The van der Waals surface area contributed by atoms with Crippen molar-refractivity contribution in [3.63, 3.8) is 0 Å². The highest BCUT2D eigenvalue weighted by atomic mass is 16.6. The van der Waals surface area contributed by atoms with E-state index >= 15 is 0 Å². The number of methoxy groups -OCH3 is 1. The monoisotopic (exact) mass is 334 g/mol. The third-order valence-electron chi connectivity index (χ3n) is 8.81. The fourth-order valence-electron chi connectivity index (χ4n) is 7.40. The van der Waals surface area contributed by atoms with Crippen molar-refractivity contribution in [1.29, 1.82) is 0 Å². The van der Waals surface area contributed by atoms with E-state index in [9.17, 15) is 4.79 Å². The molecule has 1 aliphatic heterocycles. The molecule has 1 saturated heterocycles. The van der Waals surface area contributed by atoms with Gasteiger partial charge in [-0.05, 0) is 69.6 Å². The van der Waals surface area contributed by atoms with Crippen molar-refractivity contribution in [2.75, 3.05) is 7.11 Å². The lowest BCUT2D eigenvalue weighted by Gasteiger charge is -2.58. The predicted octanol–water partition coefficient (Wildman–Crippen LogP) is 4.73. The first-order valence-electron chi connectivity index (χ1n) is 10.0. The van der Waals surface area contributed by atoms with E-state index in [1.165, 1.54) is 25.7 Å². The lowest BCUT2D eigenvalue weighted by molar-refractivity contribution is -0.170. The normalized spacial score (nSPS) is 52.9. The van der Waals surface area contributed by atoms with E-state index in [-0.39, 0.29) is 28.0 Å². The quantitative estimate of drug-likeness (QED) is 0.541. The number of fused-ring (bicyclic) bond motifs is 1. The highest BCUT2D eigenvalue weighted by Crippen LogP contribution is 2.77. The zero-order valence-electron chi connectivity index (χ0n) is 16.1. The second-order valence-corrected chi connectivity index (χ2v) is 9.94. The van der Waals surface area contributed by atoms with E-state index in [2.05, 4.69) is 27.7 Å². The first kappa shape index (κ1) is 16.9. The average Bonchev–Trinajstić information content (AvgIpc) is 3.24. The molecular formula is C21H34O3. The Morgan fingerprint density at radius 3 is 2.54 bits per heavy atom. The second-order valence-electron chi connectivity index (χ2n) is 9.94. The summed E-state index contributed by atoms with van der Waals surface area (Å²) in [5.74, 6) is 1.95. The molecule has 3 saturated carbocycles. The Hall–Kier alpha value is -0.570. The summed E-state index contributed by atoms with van der Waals surface area (Å²) in [6, 6.07) is 0. The molecule has 1 heterocycles. The molecule has 0 aromatic carbocycles. The zero-order chi connectivity index (χ0) is 17.4. The van der Waals surface area contributed by atoms with Gasteiger partial charge in [0.2, 0.25) is 0 Å². The largest absolute Gasteiger partial charge is 0.469 e. The Bertz CT molecular complexity index is 557. The van der Waals surface area contributed by atoms with E-state index in [1.807, 2.05) is 0 Å². The summed E-state index contributed by atoms with van der Waals surface area (Å²) in [4.78, 5) is 12.6. The molecule has 6 atom stereocenters. The molecule has 3 aliphatic carbocycles. The van der Waals surface area contributed by atoms with E-state index < -0.39 is 0 Å². The molecule has 0 bridgehead atoms. The zero-order valence-corrected chi connectivity index (χ0v) is 16.1. The van der Waals surface area contributed by atoms with E-state index in [4.69, 9.17) is 9.47 Å². The number of esters is 1. The molecular weight excluding hydrogens is 300 g/mol. The smallest absolute Gasteiger partial charge is 0.311 e. The van der Waals surface area contributed by atoms with Gasteiger partial charge in [-0.3, -0.25) is 4.79 Å². The summed E-state index contributed by atoms with van der Waals surface area (Å²) in [5.41, 5.74) is -0.0261. The minimum Gasteiger partial charge on any atom is -0.469 e. The van der Waals surface area contributed by atoms with Crippen molar-refractivity contribution < 1.29 is 14.3 Å². The lowest BCUT2D eigenvalue weighted by atomic mass is 9.43. The highest BCUT2D eigenvalue weighted by Gasteiger charge is 2.82. The number of hydrogen-bond donors (Lipinski definition) is 0. The van der Waals surface area contributed by atoms with Crippen LogP contribution in [0.1, 0.15) is 79.1 Å². The maximum Gasteiger partial charge on any atom is 0.311 e. The third-order valence-corrected chi connectivity index (χ3v) is 8.81. The fourth-order valence-corrected chi connectivity index (χ4v) is 7.40. The number of carbonyl (C=O) groups excluding carboxylic acids is 1. The van der Waals surface area contributed by atoms with Crippen LogP contribution in [0, 0.1) is 28.6 Å². The summed E-state index contributed by atoms with van der Waals surface area (Å²) in [6.07, 6.45) is 9.28. The molecule has 0 amide bonds. The van der Waals surface area contributed by atoms with Gasteiger partial charge < -0.3 is 9.47 Å². The molecule has 0 aromatic heterocycles. The van der Waals surface area contributed by atoms with Crippen LogP contribution in [-0.2, 0) is 14.3 Å². The molecule has 6 unspecified atom stereocenters. The van der Waals surface area contributed by atoms with Gasteiger partial charge in [-0.25, -0.2) is 0 Å². The first-order valence-corrected chi connectivity index (χ1v) is 10.0. The van der Waals surface area contributed by atoms with Gasteiger partial charge in [0.05, 0.1) is 18.1 Å². The predicted molar refractivity (Wildman–Crippen MR) is 93.5 cm³/mol. The van der Waals surface area contributed by atoms with Gasteiger partial charge in [-0.1, -0.05) is 27.2 Å². The molecule has 4 aliphatic rings. The fraction of sp³-hybridized carbons (Fsp3) is 0.952. The standard InChI is InChI=1S/C21H34O3/c1-14(2)15-7-12-21-19(4)10-6-9-18(3,17(22)23-5)16(19)8-11-20(21,13-15)24-21/h14-16H,6-13H2,1-5H3. The van der Waals surface area contributed by atoms with Crippen molar-refractivity contribution in [2.45, 2.75) is 90.3 Å². The molecule has 4 fully saturated rings. The van der Waals surface area contributed by atoms with Gasteiger partial charge in [-0.2, -0.15) is 0 Å². The molecule has 0 spiro atoms. The second kappa shape index (κ2) is 4.99. The molecule has 3 nitrogen and oxygen atoms in total. The number of hydrogen-bond acceptors (Lipinski definition) is 3. The van der Waals surface area contributed by atoms with Crippen molar-refractivity contribution in [1.82, 2.24) is 0 Å². The van der Waals surface area contributed by atoms with Crippen LogP contribution in [0.3, 0.4) is 0 Å². The minimum absolute atomic E-state index is 0.00107. The summed E-state index contributed by atoms with van der Waals surface area (Å²) < 4.78 is 12.0. The molecule has 4 rings (SSSR count). The van der Waals surface area contributed by atoms with Crippen molar-refractivity contribution in [3.05, 3.63) is 0 Å². The van der Waals surface area contributed by atoms with Gasteiger partial charge in [0, 0.05) is 5.41 Å². The highest BCUT2D eigenvalue weighted by molar-refractivity contribution is 5.77. The van der Waals surface area contributed by atoms with Gasteiger partial charge >= 0.3 is 5.97 Å². The Balaban J connectivity index is 1.68. The third kappa shape index (κ3) is 1.80. The van der Waals surface area contributed by atoms with Gasteiger partial charge in [-0.15, -0.1) is 0 Å². The van der Waals surface area contributed by atoms with Crippen LogP contribution in [-0.4, -0.2) is 24.3 Å². The van der Waals surface area contributed by atoms with E-state index in [0.717, 1.165) is 37.5 Å². The molecule has 0 aromatic rings. The maximum atomic E-state index is 12.6. The van der Waals surface area contributed by atoms with Crippen LogP contribution in [0.4, 0.5) is 0 Å². The number of epoxide rings is 1. The first-order chi connectivity index (χ1) is 11.2.